The Morgan fingerprint density at radius 1 is 1.47 bits per heavy atom. The van der Waals surface area contributed by atoms with Gasteiger partial charge in [-0.3, -0.25) is 0 Å². The van der Waals surface area contributed by atoms with E-state index in [0.717, 1.165) is 12.8 Å². The summed E-state index contributed by atoms with van der Waals surface area (Å²) in [7, 11) is -3.14. The van der Waals surface area contributed by atoms with E-state index in [9.17, 15) is 8.42 Å². The molecule has 1 atom stereocenters. The number of ether oxygens (including phenoxy) is 1. The highest BCUT2D eigenvalue weighted by atomic mass is 35.5. The molecule has 0 aromatic rings. The number of sulfonamides is 1. The number of nitrogens with zero attached hydrogens (tertiary/aromatic N) is 1. The SMILES string of the molecule is CC(C)OCCS(=O)(=O)N1CCC(CCCl)C1. The van der Waals surface area contributed by atoms with Crippen molar-refractivity contribution >= 4 is 21.6 Å². The molecular formula is C11H22ClNO3S. The molecule has 1 aliphatic rings. The van der Waals surface area contributed by atoms with Gasteiger partial charge >= 0.3 is 0 Å². The summed E-state index contributed by atoms with van der Waals surface area (Å²) in [5.41, 5.74) is 0. The molecule has 0 aromatic heterocycles. The van der Waals surface area contributed by atoms with Crippen LogP contribution in [0.4, 0.5) is 0 Å². The molecule has 17 heavy (non-hydrogen) atoms. The van der Waals surface area contributed by atoms with E-state index in [1.54, 1.807) is 4.31 Å². The summed E-state index contributed by atoms with van der Waals surface area (Å²) in [6.07, 6.45) is 1.90. The summed E-state index contributed by atoms with van der Waals surface area (Å²) >= 11 is 5.67. The first-order chi connectivity index (χ1) is 7.95. The lowest BCUT2D eigenvalue weighted by Crippen LogP contribution is -2.33. The van der Waals surface area contributed by atoms with Gasteiger partial charge in [-0.1, -0.05) is 0 Å². The van der Waals surface area contributed by atoms with Crippen LogP contribution in [0.3, 0.4) is 0 Å². The molecule has 0 aliphatic carbocycles. The Labute approximate surface area is 109 Å². The maximum Gasteiger partial charge on any atom is 0.216 e. The van der Waals surface area contributed by atoms with E-state index in [4.69, 9.17) is 16.3 Å². The molecule has 1 saturated heterocycles. The summed E-state index contributed by atoms with van der Waals surface area (Å²) in [5, 5.41) is 0. The van der Waals surface area contributed by atoms with Crippen molar-refractivity contribution in [1.29, 1.82) is 0 Å². The van der Waals surface area contributed by atoms with Crippen LogP contribution < -0.4 is 0 Å². The lowest BCUT2D eigenvalue weighted by Gasteiger charge is -2.17. The van der Waals surface area contributed by atoms with Gasteiger partial charge in [-0.15, -0.1) is 11.6 Å². The van der Waals surface area contributed by atoms with E-state index in [0.29, 0.717) is 24.9 Å². The first kappa shape index (κ1) is 15.2. The zero-order chi connectivity index (χ0) is 12.9. The van der Waals surface area contributed by atoms with Crippen molar-refractivity contribution in [3.63, 3.8) is 0 Å². The number of hydrogen-bond acceptors (Lipinski definition) is 3. The number of alkyl halides is 1. The monoisotopic (exact) mass is 283 g/mol. The highest BCUT2D eigenvalue weighted by Gasteiger charge is 2.30. The molecule has 0 N–H and O–H groups in total. The molecule has 0 radical (unpaired) electrons. The average Bonchev–Trinajstić information content (AvgIpc) is 2.66. The maximum absolute atomic E-state index is 12.0. The van der Waals surface area contributed by atoms with Gasteiger partial charge in [-0.05, 0) is 32.6 Å². The molecular weight excluding hydrogens is 262 g/mol. The fraction of sp³-hybridized carbons (Fsp3) is 1.00. The van der Waals surface area contributed by atoms with Crippen molar-refractivity contribution in [2.45, 2.75) is 32.8 Å². The minimum Gasteiger partial charge on any atom is -0.378 e. The van der Waals surface area contributed by atoms with Crippen LogP contribution in [0.5, 0.6) is 0 Å². The van der Waals surface area contributed by atoms with Crippen LogP contribution in [0.25, 0.3) is 0 Å². The van der Waals surface area contributed by atoms with Gasteiger partial charge < -0.3 is 4.74 Å². The highest BCUT2D eigenvalue weighted by Crippen LogP contribution is 2.22. The van der Waals surface area contributed by atoms with E-state index < -0.39 is 10.0 Å². The van der Waals surface area contributed by atoms with Crippen molar-refractivity contribution in [1.82, 2.24) is 4.31 Å². The molecule has 1 unspecified atom stereocenters. The van der Waals surface area contributed by atoms with E-state index >= 15 is 0 Å². The van der Waals surface area contributed by atoms with E-state index in [-0.39, 0.29) is 18.5 Å². The van der Waals surface area contributed by atoms with Crippen LogP contribution in [-0.2, 0) is 14.8 Å². The Kier molecular flexibility index (Phi) is 6.20. The Morgan fingerprint density at radius 2 is 2.18 bits per heavy atom. The zero-order valence-electron chi connectivity index (χ0n) is 10.6. The first-order valence-corrected chi connectivity index (χ1v) is 8.25. The molecule has 0 amide bonds. The van der Waals surface area contributed by atoms with Gasteiger partial charge in [0, 0.05) is 19.0 Å². The zero-order valence-corrected chi connectivity index (χ0v) is 12.1. The van der Waals surface area contributed by atoms with Crippen molar-refractivity contribution in [2.24, 2.45) is 5.92 Å². The standard InChI is InChI=1S/C11H22ClNO3S/c1-10(2)16-7-8-17(14,15)13-6-4-11(9-13)3-5-12/h10-11H,3-9H2,1-2H3. The van der Waals surface area contributed by atoms with E-state index in [1.165, 1.54) is 0 Å². The van der Waals surface area contributed by atoms with Gasteiger partial charge in [-0.2, -0.15) is 0 Å². The topological polar surface area (TPSA) is 46.6 Å². The van der Waals surface area contributed by atoms with E-state index in [2.05, 4.69) is 0 Å². The Balaban J connectivity index is 2.38. The minimum absolute atomic E-state index is 0.0766. The summed E-state index contributed by atoms with van der Waals surface area (Å²) in [6, 6.07) is 0. The summed E-state index contributed by atoms with van der Waals surface area (Å²) in [4.78, 5) is 0. The third-order valence-electron chi connectivity index (χ3n) is 2.95. The van der Waals surface area contributed by atoms with Crippen LogP contribution in [0, 0.1) is 5.92 Å². The predicted octanol–water partition coefficient (Wildman–Crippen LogP) is 1.69. The summed E-state index contributed by atoms with van der Waals surface area (Å²) in [6.45, 7) is 5.33. The van der Waals surface area contributed by atoms with Crippen LogP contribution in [-0.4, -0.2) is 50.2 Å². The fourth-order valence-corrected chi connectivity index (χ4v) is 3.65. The smallest absolute Gasteiger partial charge is 0.216 e. The van der Waals surface area contributed by atoms with Crippen molar-refractivity contribution in [3.8, 4) is 0 Å². The molecule has 1 rings (SSSR count). The number of hydrogen-bond donors (Lipinski definition) is 0. The molecule has 0 bridgehead atoms. The second-order valence-electron chi connectivity index (χ2n) is 4.73. The van der Waals surface area contributed by atoms with Gasteiger partial charge in [0.25, 0.3) is 0 Å². The predicted molar refractivity (Wildman–Crippen MR) is 69.9 cm³/mol. The van der Waals surface area contributed by atoms with Crippen LogP contribution >= 0.6 is 11.6 Å². The molecule has 1 fully saturated rings. The quantitative estimate of drug-likeness (QED) is 0.668. The van der Waals surface area contributed by atoms with Crippen molar-refractivity contribution < 1.29 is 13.2 Å². The molecule has 6 heteroatoms. The first-order valence-electron chi connectivity index (χ1n) is 6.11. The number of rotatable bonds is 7. The fourth-order valence-electron chi connectivity index (χ4n) is 1.96. The average molecular weight is 284 g/mol. The molecule has 1 aliphatic heterocycles. The van der Waals surface area contributed by atoms with Gasteiger partial charge in [0.15, 0.2) is 0 Å². The van der Waals surface area contributed by atoms with Crippen LogP contribution in [0.2, 0.25) is 0 Å². The lowest BCUT2D eigenvalue weighted by atomic mass is 10.1. The Hall–Kier alpha value is 0.160. The number of halogens is 1. The minimum atomic E-state index is -3.14. The second kappa shape index (κ2) is 6.92. The third-order valence-corrected chi connectivity index (χ3v) is 4.97. The normalized spacial score (nSPS) is 22.5. The van der Waals surface area contributed by atoms with Gasteiger partial charge in [0.2, 0.25) is 10.0 Å². The van der Waals surface area contributed by atoms with Gasteiger partial charge in [-0.25, -0.2) is 12.7 Å². The summed E-state index contributed by atoms with van der Waals surface area (Å²) < 4.78 is 30.8. The molecule has 102 valence electrons. The second-order valence-corrected chi connectivity index (χ2v) is 7.19. The molecule has 4 nitrogen and oxygen atoms in total. The molecule has 1 heterocycles. The summed E-state index contributed by atoms with van der Waals surface area (Å²) in [5.74, 6) is 1.11. The molecule has 0 aromatic carbocycles. The van der Waals surface area contributed by atoms with Crippen LogP contribution in [0.15, 0.2) is 0 Å². The Morgan fingerprint density at radius 3 is 2.76 bits per heavy atom. The third kappa shape index (κ3) is 5.12. The largest absolute Gasteiger partial charge is 0.378 e. The van der Waals surface area contributed by atoms with Crippen molar-refractivity contribution in [3.05, 3.63) is 0 Å². The molecule has 0 saturated carbocycles. The highest BCUT2D eigenvalue weighted by molar-refractivity contribution is 7.89. The maximum atomic E-state index is 12.0. The Bertz CT molecular complexity index is 319. The van der Waals surface area contributed by atoms with Gasteiger partial charge in [0.05, 0.1) is 18.5 Å². The van der Waals surface area contributed by atoms with E-state index in [1.807, 2.05) is 13.8 Å². The van der Waals surface area contributed by atoms with Crippen LogP contribution in [0.1, 0.15) is 26.7 Å². The molecule has 0 spiro atoms. The van der Waals surface area contributed by atoms with Gasteiger partial charge in [0.1, 0.15) is 0 Å². The van der Waals surface area contributed by atoms with Crippen molar-refractivity contribution in [2.75, 3.05) is 31.3 Å². The lowest BCUT2D eigenvalue weighted by molar-refractivity contribution is 0.0907.